The maximum absolute atomic E-state index is 12.6. The molecule has 7 heteroatoms. The first-order valence-electron chi connectivity index (χ1n) is 9.06. The highest BCUT2D eigenvalue weighted by molar-refractivity contribution is 5.94. The van der Waals surface area contributed by atoms with Crippen LogP contribution in [0.5, 0.6) is 5.75 Å². The van der Waals surface area contributed by atoms with Crippen LogP contribution >= 0.6 is 0 Å². The van der Waals surface area contributed by atoms with Gasteiger partial charge in [-0.1, -0.05) is 17.3 Å². The molecule has 0 aliphatic carbocycles. The van der Waals surface area contributed by atoms with E-state index in [4.69, 9.17) is 13.7 Å². The van der Waals surface area contributed by atoms with Crippen molar-refractivity contribution >= 4 is 5.91 Å². The predicted octanol–water partition coefficient (Wildman–Crippen LogP) is 3.57. The molecule has 7 nitrogen and oxygen atoms in total. The van der Waals surface area contributed by atoms with Crippen LogP contribution in [0.15, 0.2) is 51.8 Å². The molecule has 4 rings (SSSR count). The molecule has 1 aromatic carbocycles. The molecule has 0 N–H and O–H groups in total. The largest absolute Gasteiger partial charge is 0.493 e. The summed E-state index contributed by atoms with van der Waals surface area (Å²) in [5.41, 5.74) is 1.69. The number of nitrogens with zero attached hydrogens (tertiary/aromatic N) is 3. The maximum atomic E-state index is 12.6. The summed E-state index contributed by atoms with van der Waals surface area (Å²) in [6.07, 6.45) is 5.21. The average molecular weight is 367 g/mol. The molecule has 27 heavy (non-hydrogen) atoms. The van der Waals surface area contributed by atoms with E-state index in [0.717, 1.165) is 24.2 Å². The fourth-order valence-electron chi connectivity index (χ4n) is 3.29. The highest BCUT2D eigenvalue weighted by atomic mass is 16.5. The van der Waals surface area contributed by atoms with Crippen molar-refractivity contribution in [1.82, 2.24) is 15.0 Å². The molecule has 1 atom stereocenters. The van der Waals surface area contributed by atoms with Gasteiger partial charge < -0.3 is 18.6 Å². The van der Waals surface area contributed by atoms with Crippen LogP contribution < -0.4 is 4.74 Å². The van der Waals surface area contributed by atoms with Gasteiger partial charge in [-0.05, 0) is 43.5 Å². The quantitative estimate of drug-likeness (QED) is 0.662. The molecule has 1 unspecified atom stereocenters. The van der Waals surface area contributed by atoms with E-state index in [1.54, 1.807) is 11.0 Å². The molecule has 1 aliphatic rings. The molecule has 1 aliphatic heterocycles. The van der Waals surface area contributed by atoms with Crippen molar-refractivity contribution in [3.63, 3.8) is 0 Å². The Hall–Kier alpha value is -3.09. The number of likely N-dealkylation sites (tertiary alicyclic amines) is 1. The summed E-state index contributed by atoms with van der Waals surface area (Å²) in [5, 5.41) is 4.04. The molecule has 3 heterocycles. The fraction of sp³-hybridized carbons (Fsp3) is 0.350. The molecule has 0 spiro atoms. The van der Waals surface area contributed by atoms with Crippen molar-refractivity contribution in [1.29, 1.82) is 0 Å². The van der Waals surface area contributed by atoms with E-state index in [9.17, 15) is 4.79 Å². The summed E-state index contributed by atoms with van der Waals surface area (Å²) >= 11 is 0. The molecular weight excluding hydrogens is 346 g/mol. The Morgan fingerprint density at radius 1 is 1.37 bits per heavy atom. The summed E-state index contributed by atoms with van der Waals surface area (Å²) in [6, 6.07) is 9.37. The Morgan fingerprint density at radius 2 is 2.30 bits per heavy atom. The Balaban J connectivity index is 1.37. The van der Waals surface area contributed by atoms with Gasteiger partial charge in [0.05, 0.1) is 18.4 Å². The number of benzene rings is 1. The van der Waals surface area contributed by atoms with E-state index >= 15 is 0 Å². The van der Waals surface area contributed by atoms with Crippen molar-refractivity contribution in [2.75, 3.05) is 13.2 Å². The number of hydrogen-bond donors (Lipinski definition) is 0. The Bertz CT molecular complexity index is 904. The summed E-state index contributed by atoms with van der Waals surface area (Å²) in [5.74, 6) is 1.82. The Morgan fingerprint density at radius 3 is 3.11 bits per heavy atom. The van der Waals surface area contributed by atoms with E-state index in [1.165, 1.54) is 12.5 Å². The van der Waals surface area contributed by atoms with Gasteiger partial charge >= 0.3 is 0 Å². The van der Waals surface area contributed by atoms with Crippen molar-refractivity contribution in [3.8, 4) is 5.75 Å². The van der Waals surface area contributed by atoms with Crippen LogP contribution in [-0.4, -0.2) is 34.1 Å². The van der Waals surface area contributed by atoms with E-state index < -0.39 is 0 Å². The van der Waals surface area contributed by atoms with Crippen LogP contribution in [-0.2, 0) is 6.42 Å². The number of ether oxygens (including phenoxy) is 1. The molecule has 0 saturated carbocycles. The van der Waals surface area contributed by atoms with E-state index in [-0.39, 0.29) is 11.9 Å². The average Bonchev–Trinajstić information content (AvgIpc) is 3.42. The molecule has 1 fully saturated rings. The minimum atomic E-state index is -0.189. The lowest BCUT2D eigenvalue weighted by atomic mass is 10.2. The molecule has 140 valence electrons. The summed E-state index contributed by atoms with van der Waals surface area (Å²) in [4.78, 5) is 18.9. The van der Waals surface area contributed by atoms with Gasteiger partial charge in [-0.2, -0.15) is 4.98 Å². The van der Waals surface area contributed by atoms with Crippen LogP contribution in [0.2, 0.25) is 0 Å². The lowest BCUT2D eigenvalue weighted by molar-refractivity contribution is 0.0709. The lowest BCUT2D eigenvalue weighted by Crippen LogP contribution is -2.30. The highest BCUT2D eigenvalue weighted by Gasteiger charge is 2.34. The van der Waals surface area contributed by atoms with Gasteiger partial charge in [0.2, 0.25) is 5.89 Å². The summed E-state index contributed by atoms with van der Waals surface area (Å²) in [7, 11) is 0. The highest BCUT2D eigenvalue weighted by Crippen LogP contribution is 2.32. The standard InChI is InChI=1S/C20H21N3O4/c1-14-4-2-5-16(12-14)26-11-8-18-21-19(27-22-18)17-6-3-9-23(17)20(24)15-7-10-25-13-15/h2,4-5,7,10,12-13,17H,3,6,8-9,11H2,1H3. The minimum absolute atomic E-state index is 0.0752. The first kappa shape index (κ1) is 17.3. The SMILES string of the molecule is Cc1cccc(OCCc2noc(C3CCCN3C(=O)c3ccoc3)n2)c1. The summed E-state index contributed by atoms with van der Waals surface area (Å²) in [6.45, 7) is 3.16. The van der Waals surface area contributed by atoms with Crippen LogP contribution in [0.1, 0.15) is 46.5 Å². The number of carbonyl (C=O) groups is 1. The zero-order valence-electron chi connectivity index (χ0n) is 15.1. The van der Waals surface area contributed by atoms with Crippen LogP contribution in [0.25, 0.3) is 0 Å². The predicted molar refractivity (Wildman–Crippen MR) is 96.4 cm³/mol. The van der Waals surface area contributed by atoms with E-state index in [2.05, 4.69) is 10.1 Å². The number of furan rings is 1. The minimum Gasteiger partial charge on any atom is -0.493 e. The fourth-order valence-corrected chi connectivity index (χ4v) is 3.29. The number of hydrogen-bond acceptors (Lipinski definition) is 6. The topological polar surface area (TPSA) is 81.6 Å². The van der Waals surface area contributed by atoms with Gasteiger partial charge in [0.15, 0.2) is 5.82 Å². The van der Waals surface area contributed by atoms with Crippen LogP contribution in [0.3, 0.4) is 0 Å². The van der Waals surface area contributed by atoms with Gasteiger partial charge in [-0.15, -0.1) is 0 Å². The number of aromatic nitrogens is 2. The van der Waals surface area contributed by atoms with Gasteiger partial charge in [0.25, 0.3) is 5.91 Å². The molecular formula is C20H21N3O4. The van der Waals surface area contributed by atoms with Gasteiger partial charge in [0, 0.05) is 13.0 Å². The summed E-state index contributed by atoms with van der Waals surface area (Å²) < 4.78 is 16.2. The first-order chi connectivity index (χ1) is 13.2. The Kier molecular flexibility index (Phi) is 4.91. The molecule has 0 radical (unpaired) electrons. The second-order valence-electron chi connectivity index (χ2n) is 6.63. The number of carbonyl (C=O) groups excluding carboxylic acids is 1. The molecule has 1 amide bonds. The maximum Gasteiger partial charge on any atom is 0.257 e. The normalized spacial score (nSPS) is 16.6. The van der Waals surface area contributed by atoms with Crippen molar-refractivity contribution in [2.45, 2.75) is 32.2 Å². The lowest BCUT2D eigenvalue weighted by Gasteiger charge is -2.20. The third-order valence-electron chi connectivity index (χ3n) is 4.63. The van der Waals surface area contributed by atoms with E-state index in [0.29, 0.717) is 36.9 Å². The number of amides is 1. The van der Waals surface area contributed by atoms with Gasteiger partial charge in [0.1, 0.15) is 18.1 Å². The molecule has 0 bridgehead atoms. The number of aryl methyl sites for hydroxylation is 1. The molecule has 1 saturated heterocycles. The zero-order chi connectivity index (χ0) is 18.6. The molecule has 2 aromatic heterocycles. The van der Waals surface area contributed by atoms with Gasteiger partial charge in [-0.3, -0.25) is 4.79 Å². The van der Waals surface area contributed by atoms with E-state index in [1.807, 2.05) is 31.2 Å². The monoisotopic (exact) mass is 367 g/mol. The van der Waals surface area contributed by atoms with Gasteiger partial charge in [-0.25, -0.2) is 0 Å². The van der Waals surface area contributed by atoms with Crippen LogP contribution in [0.4, 0.5) is 0 Å². The van der Waals surface area contributed by atoms with Crippen molar-refractivity contribution in [2.24, 2.45) is 0 Å². The second-order valence-corrected chi connectivity index (χ2v) is 6.63. The molecule has 3 aromatic rings. The third kappa shape index (κ3) is 3.86. The van der Waals surface area contributed by atoms with Crippen LogP contribution in [0, 0.1) is 6.92 Å². The Labute approximate surface area is 156 Å². The second kappa shape index (κ2) is 7.65. The smallest absolute Gasteiger partial charge is 0.257 e. The number of rotatable bonds is 6. The third-order valence-corrected chi connectivity index (χ3v) is 4.63. The van der Waals surface area contributed by atoms with Crippen molar-refractivity contribution < 1.29 is 18.5 Å². The first-order valence-corrected chi connectivity index (χ1v) is 9.06. The zero-order valence-corrected chi connectivity index (χ0v) is 15.1. The van der Waals surface area contributed by atoms with Crippen molar-refractivity contribution in [3.05, 3.63) is 65.7 Å².